The lowest BCUT2D eigenvalue weighted by molar-refractivity contribution is -0.135. The Morgan fingerprint density at radius 3 is 2.88 bits per heavy atom. The summed E-state index contributed by atoms with van der Waals surface area (Å²) < 4.78 is 1.62. The van der Waals surface area contributed by atoms with E-state index in [0.29, 0.717) is 23.9 Å². The first kappa shape index (κ1) is 17.4. The van der Waals surface area contributed by atoms with Crippen LogP contribution < -0.4 is 5.32 Å². The van der Waals surface area contributed by atoms with Crippen LogP contribution >= 0.6 is 11.6 Å². The molecular weight excluding hydrogens is 342 g/mol. The first-order valence-electron chi connectivity index (χ1n) is 8.20. The third-order valence-electron chi connectivity index (χ3n) is 4.18. The summed E-state index contributed by atoms with van der Waals surface area (Å²) in [5.74, 6) is 0.0758. The highest BCUT2D eigenvalue weighted by Gasteiger charge is 2.28. The van der Waals surface area contributed by atoms with Crippen molar-refractivity contribution in [3.05, 3.63) is 41.3 Å². The normalized spacial score (nSPS) is 17.4. The predicted octanol–water partition coefficient (Wildman–Crippen LogP) is 2.12. The van der Waals surface area contributed by atoms with Crippen LogP contribution in [0.5, 0.6) is 0 Å². The SMILES string of the molecule is Cc1cnn(CC(=O)N2CCCC(C(=O)Nc3ccc(Cl)cn3)C2)c1. The quantitative estimate of drug-likeness (QED) is 0.904. The van der Waals surface area contributed by atoms with Crippen molar-refractivity contribution in [3.63, 3.8) is 0 Å². The lowest BCUT2D eigenvalue weighted by Gasteiger charge is -2.32. The van der Waals surface area contributed by atoms with E-state index in [4.69, 9.17) is 11.6 Å². The number of carbonyl (C=O) groups is 2. The van der Waals surface area contributed by atoms with Gasteiger partial charge < -0.3 is 10.2 Å². The fourth-order valence-electron chi connectivity index (χ4n) is 2.89. The fourth-order valence-corrected chi connectivity index (χ4v) is 3.00. The standard InChI is InChI=1S/C17H20ClN5O2/c1-12-7-20-23(9-12)11-16(24)22-6-2-3-13(10-22)17(25)21-15-5-4-14(18)8-19-15/h4-5,7-9,13H,2-3,6,10-11H2,1H3,(H,19,21,25). The van der Waals surface area contributed by atoms with E-state index in [9.17, 15) is 9.59 Å². The molecule has 0 spiro atoms. The lowest BCUT2D eigenvalue weighted by Crippen LogP contribution is -2.45. The summed E-state index contributed by atoms with van der Waals surface area (Å²) in [6.45, 7) is 3.21. The summed E-state index contributed by atoms with van der Waals surface area (Å²) in [6.07, 6.45) is 6.59. The second-order valence-corrected chi connectivity index (χ2v) is 6.68. The maximum atomic E-state index is 12.4. The average molecular weight is 362 g/mol. The molecule has 1 atom stereocenters. The Bertz CT molecular complexity index is 759. The summed E-state index contributed by atoms with van der Waals surface area (Å²) >= 11 is 5.79. The molecule has 2 aromatic heterocycles. The van der Waals surface area contributed by atoms with Gasteiger partial charge in [-0.05, 0) is 37.5 Å². The summed E-state index contributed by atoms with van der Waals surface area (Å²) in [7, 11) is 0. The number of carbonyl (C=O) groups excluding carboxylic acids is 2. The number of aromatic nitrogens is 3. The minimum atomic E-state index is -0.241. The number of aryl methyl sites for hydroxylation is 1. The van der Waals surface area contributed by atoms with Crippen molar-refractivity contribution >= 4 is 29.2 Å². The van der Waals surface area contributed by atoms with Gasteiger partial charge in [-0.3, -0.25) is 14.3 Å². The number of halogens is 1. The van der Waals surface area contributed by atoms with Gasteiger partial charge >= 0.3 is 0 Å². The first-order valence-corrected chi connectivity index (χ1v) is 8.58. The summed E-state index contributed by atoms with van der Waals surface area (Å²) in [6, 6.07) is 3.33. The monoisotopic (exact) mass is 361 g/mol. The van der Waals surface area contributed by atoms with Crippen molar-refractivity contribution in [2.24, 2.45) is 5.92 Å². The van der Waals surface area contributed by atoms with Gasteiger partial charge in [0.25, 0.3) is 0 Å². The molecule has 8 heteroatoms. The number of likely N-dealkylation sites (tertiary alicyclic amines) is 1. The number of pyridine rings is 1. The van der Waals surface area contributed by atoms with Gasteiger partial charge in [0.1, 0.15) is 12.4 Å². The van der Waals surface area contributed by atoms with Gasteiger partial charge in [-0.15, -0.1) is 0 Å². The number of nitrogens with one attached hydrogen (secondary N) is 1. The van der Waals surface area contributed by atoms with E-state index in [1.54, 1.807) is 27.9 Å². The van der Waals surface area contributed by atoms with Crippen LogP contribution in [0.2, 0.25) is 5.02 Å². The molecule has 1 unspecified atom stereocenters. The van der Waals surface area contributed by atoms with Crippen LogP contribution in [0.1, 0.15) is 18.4 Å². The largest absolute Gasteiger partial charge is 0.340 e. The van der Waals surface area contributed by atoms with Crippen molar-refractivity contribution < 1.29 is 9.59 Å². The van der Waals surface area contributed by atoms with Crippen molar-refractivity contribution in [2.75, 3.05) is 18.4 Å². The molecule has 1 aliphatic heterocycles. The summed E-state index contributed by atoms with van der Waals surface area (Å²) in [5, 5.41) is 7.44. The number of amides is 2. The Morgan fingerprint density at radius 2 is 2.20 bits per heavy atom. The van der Waals surface area contributed by atoms with Gasteiger partial charge in [-0.25, -0.2) is 4.98 Å². The van der Waals surface area contributed by atoms with Crippen LogP contribution in [-0.4, -0.2) is 44.6 Å². The van der Waals surface area contributed by atoms with Crippen LogP contribution in [0.3, 0.4) is 0 Å². The molecule has 3 rings (SSSR count). The molecular formula is C17H20ClN5O2. The molecule has 0 saturated carbocycles. The molecule has 3 heterocycles. The zero-order valence-corrected chi connectivity index (χ0v) is 14.7. The van der Waals surface area contributed by atoms with Crippen LogP contribution in [0.25, 0.3) is 0 Å². The van der Waals surface area contributed by atoms with Gasteiger partial charge in [-0.2, -0.15) is 5.10 Å². The van der Waals surface area contributed by atoms with Crippen molar-refractivity contribution in [3.8, 4) is 0 Å². The van der Waals surface area contributed by atoms with E-state index >= 15 is 0 Å². The third-order valence-corrected chi connectivity index (χ3v) is 4.41. The molecule has 132 valence electrons. The Morgan fingerprint density at radius 1 is 1.36 bits per heavy atom. The highest BCUT2D eigenvalue weighted by Crippen LogP contribution is 2.19. The number of nitrogens with zero attached hydrogens (tertiary/aromatic N) is 4. The van der Waals surface area contributed by atoms with Gasteiger partial charge in [0.05, 0.1) is 17.1 Å². The number of hydrogen-bond donors (Lipinski definition) is 1. The molecule has 1 saturated heterocycles. The fraction of sp³-hybridized carbons (Fsp3) is 0.412. The van der Waals surface area contributed by atoms with E-state index in [-0.39, 0.29) is 24.3 Å². The number of rotatable bonds is 4. The second-order valence-electron chi connectivity index (χ2n) is 6.25. The average Bonchev–Trinajstić information content (AvgIpc) is 3.02. The van der Waals surface area contributed by atoms with Crippen molar-refractivity contribution in [2.45, 2.75) is 26.3 Å². The molecule has 0 aromatic carbocycles. The minimum absolute atomic E-state index is 0.0229. The lowest BCUT2D eigenvalue weighted by atomic mass is 9.97. The molecule has 1 fully saturated rings. The molecule has 0 aliphatic carbocycles. The molecule has 1 N–H and O–H groups in total. The van der Waals surface area contributed by atoms with E-state index in [1.165, 1.54) is 6.20 Å². The molecule has 2 aromatic rings. The number of hydrogen-bond acceptors (Lipinski definition) is 4. The maximum Gasteiger partial charge on any atom is 0.244 e. The molecule has 7 nitrogen and oxygen atoms in total. The minimum Gasteiger partial charge on any atom is -0.340 e. The van der Waals surface area contributed by atoms with Crippen molar-refractivity contribution in [1.82, 2.24) is 19.7 Å². The molecule has 2 amide bonds. The van der Waals surface area contributed by atoms with Gasteiger partial charge in [0.2, 0.25) is 11.8 Å². The van der Waals surface area contributed by atoms with E-state index < -0.39 is 0 Å². The molecule has 0 bridgehead atoms. The topological polar surface area (TPSA) is 80.1 Å². The van der Waals surface area contributed by atoms with Crippen LogP contribution in [0.15, 0.2) is 30.7 Å². The smallest absolute Gasteiger partial charge is 0.244 e. The van der Waals surface area contributed by atoms with Crippen molar-refractivity contribution in [1.29, 1.82) is 0 Å². The second kappa shape index (κ2) is 7.65. The van der Waals surface area contributed by atoms with Crippen LogP contribution in [0, 0.1) is 12.8 Å². The highest BCUT2D eigenvalue weighted by atomic mass is 35.5. The van der Waals surface area contributed by atoms with Gasteiger partial charge in [0.15, 0.2) is 0 Å². The zero-order valence-electron chi connectivity index (χ0n) is 14.0. The predicted molar refractivity (Wildman–Crippen MR) is 94.1 cm³/mol. The number of piperidine rings is 1. The molecule has 25 heavy (non-hydrogen) atoms. The third kappa shape index (κ3) is 4.57. The van der Waals surface area contributed by atoms with E-state index in [2.05, 4.69) is 15.4 Å². The Hall–Kier alpha value is -2.41. The summed E-state index contributed by atoms with van der Waals surface area (Å²) in [4.78, 5) is 30.7. The Balaban J connectivity index is 1.57. The Kier molecular flexibility index (Phi) is 5.33. The molecule has 1 aliphatic rings. The Labute approximate surface area is 151 Å². The first-order chi connectivity index (χ1) is 12.0. The molecule has 0 radical (unpaired) electrons. The summed E-state index contributed by atoms with van der Waals surface area (Å²) in [5.41, 5.74) is 1.01. The van der Waals surface area contributed by atoms with Gasteiger partial charge in [-0.1, -0.05) is 11.6 Å². The zero-order chi connectivity index (χ0) is 17.8. The maximum absolute atomic E-state index is 12.4. The van der Waals surface area contributed by atoms with Crippen LogP contribution in [-0.2, 0) is 16.1 Å². The van der Waals surface area contributed by atoms with Gasteiger partial charge in [0, 0.05) is 25.5 Å². The van der Waals surface area contributed by atoms with E-state index in [0.717, 1.165) is 18.4 Å². The number of anilines is 1. The van der Waals surface area contributed by atoms with E-state index in [1.807, 2.05) is 13.1 Å². The van der Waals surface area contributed by atoms with Crippen LogP contribution in [0.4, 0.5) is 5.82 Å². The highest BCUT2D eigenvalue weighted by molar-refractivity contribution is 6.30.